The average molecular weight is 233 g/mol. The van der Waals surface area contributed by atoms with Crippen LogP contribution in [0.5, 0.6) is 0 Å². The van der Waals surface area contributed by atoms with Crippen molar-refractivity contribution in [3.8, 4) is 0 Å². The lowest BCUT2D eigenvalue weighted by Crippen LogP contribution is -2.32. The number of aryl methyl sites for hydroxylation is 1. The molecule has 2 heterocycles. The number of aromatic nitrogens is 1. The lowest BCUT2D eigenvalue weighted by Gasteiger charge is -2.21. The fraction of sp³-hybridized carbons (Fsp3) is 0.538. The van der Waals surface area contributed by atoms with E-state index in [1.54, 1.807) is 6.20 Å². The smallest absolute Gasteiger partial charge is 0.225 e. The summed E-state index contributed by atoms with van der Waals surface area (Å²) in [5, 5.41) is 6.17. The number of anilines is 1. The first-order valence-electron chi connectivity index (χ1n) is 6.17. The Hall–Kier alpha value is -1.42. The molecule has 2 N–H and O–H groups in total. The van der Waals surface area contributed by atoms with Crippen LogP contribution in [0.15, 0.2) is 18.3 Å². The van der Waals surface area contributed by atoms with Crippen LogP contribution >= 0.6 is 0 Å². The molecule has 1 atom stereocenters. The lowest BCUT2D eigenvalue weighted by atomic mass is 9.96. The number of carbonyl (C=O) groups excluding carboxylic acids is 1. The molecular weight excluding hydrogens is 214 g/mol. The predicted molar refractivity (Wildman–Crippen MR) is 67.8 cm³/mol. The molecular formula is C13H19N3O. The van der Waals surface area contributed by atoms with Gasteiger partial charge in [-0.25, -0.2) is 4.98 Å². The van der Waals surface area contributed by atoms with Gasteiger partial charge in [-0.3, -0.25) is 4.79 Å². The van der Waals surface area contributed by atoms with Crippen LogP contribution in [0, 0.1) is 12.8 Å². The van der Waals surface area contributed by atoms with Crippen LogP contribution in [0.25, 0.3) is 0 Å². The number of piperidine rings is 1. The third-order valence-electron chi connectivity index (χ3n) is 3.06. The van der Waals surface area contributed by atoms with Gasteiger partial charge in [0.1, 0.15) is 5.82 Å². The van der Waals surface area contributed by atoms with E-state index in [9.17, 15) is 4.79 Å². The fourth-order valence-corrected chi connectivity index (χ4v) is 2.16. The van der Waals surface area contributed by atoms with E-state index in [1.165, 1.54) is 6.42 Å². The molecule has 1 aliphatic heterocycles. The van der Waals surface area contributed by atoms with Gasteiger partial charge in [-0.15, -0.1) is 0 Å². The molecule has 0 saturated carbocycles. The number of nitrogens with one attached hydrogen (secondary N) is 2. The van der Waals surface area contributed by atoms with E-state index >= 15 is 0 Å². The van der Waals surface area contributed by atoms with Crippen molar-refractivity contribution in [2.75, 3.05) is 18.4 Å². The van der Waals surface area contributed by atoms with Gasteiger partial charge in [0.2, 0.25) is 5.91 Å². The number of carbonyl (C=O) groups is 1. The Morgan fingerprint density at radius 1 is 1.65 bits per heavy atom. The van der Waals surface area contributed by atoms with Gasteiger partial charge in [0.25, 0.3) is 0 Å². The number of rotatable bonds is 3. The summed E-state index contributed by atoms with van der Waals surface area (Å²) in [5.74, 6) is 1.18. The molecule has 4 nitrogen and oxygen atoms in total. The summed E-state index contributed by atoms with van der Waals surface area (Å²) < 4.78 is 0. The highest BCUT2D eigenvalue weighted by molar-refractivity contribution is 5.89. The monoisotopic (exact) mass is 233 g/mol. The molecule has 0 radical (unpaired) electrons. The highest BCUT2D eigenvalue weighted by atomic mass is 16.1. The molecule has 4 heteroatoms. The van der Waals surface area contributed by atoms with Crippen molar-refractivity contribution in [2.45, 2.75) is 26.2 Å². The first-order valence-corrected chi connectivity index (χ1v) is 6.17. The highest BCUT2D eigenvalue weighted by Gasteiger charge is 2.16. The van der Waals surface area contributed by atoms with E-state index in [2.05, 4.69) is 15.6 Å². The van der Waals surface area contributed by atoms with Crippen LogP contribution < -0.4 is 10.6 Å². The Morgan fingerprint density at radius 3 is 3.24 bits per heavy atom. The predicted octanol–water partition coefficient (Wildman–Crippen LogP) is 1.72. The third-order valence-corrected chi connectivity index (χ3v) is 3.06. The Bertz CT molecular complexity index is 386. The summed E-state index contributed by atoms with van der Waals surface area (Å²) in [6.07, 6.45) is 4.61. The topological polar surface area (TPSA) is 54.0 Å². The minimum Gasteiger partial charge on any atom is -0.316 e. The molecule has 1 fully saturated rings. The molecule has 1 aromatic rings. The Morgan fingerprint density at radius 2 is 2.53 bits per heavy atom. The summed E-state index contributed by atoms with van der Waals surface area (Å²) in [5.41, 5.74) is 1.11. The van der Waals surface area contributed by atoms with Gasteiger partial charge in [0, 0.05) is 12.6 Å². The van der Waals surface area contributed by atoms with Gasteiger partial charge >= 0.3 is 0 Å². The molecule has 17 heavy (non-hydrogen) atoms. The van der Waals surface area contributed by atoms with Gasteiger partial charge < -0.3 is 10.6 Å². The first-order chi connectivity index (χ1) is 8.24. The van der Waals surface area contributed by atoms with Crippen molar-refractivity contribution in [1.29, 1.82) is 0 Å². The van der Waals surface area contributed by atoms with Crippen LogP contribution in [0.4, 0.5) is 5.82 Å². The zero-order chi connectivity index (χ0) is 12.1. The SMILES string of the molecule is Cc1ccnc(NC(=O)CC2CCCNC2)c1. The van der Waals surface area contributed by atoms with Crippen LogP contribution in [0.3, 0.4) is 0 Å². The Kier molecular flexibility index (Phi) is 4.09. The second-order valence-corrected chi connectivity index (χ2v) is 4.68. The second-order valence-electron chi connectivity index (χ2n) is 4.68. The van der Waals surface area contributed by atoms with E-state index in [1.807, 2.05) is 19.1 Å². The van der Waals surface area contributed by atoms with Crippen molar-refractivity contribution in [2.24, 2.45) is 5.92 Å². The number of hydrogen-bond donors (Lipinski definition) is 2. The van der Waals surface area contributed by atoms with Crippen molar-refractivity contribution in [1.82, 2.24) is 10.3 Å². The maximum Gasteiger partial charge on any atom is 0.225 e. The van der Waals surface area contributed by atoms with Gasteiger partial charge in [-0.05, 0) is 56.5 Å². The molecule has 92 valence electrons. The summed E-state index contributed by atoms with van der Waals surface area (Å²) in [7, 11) is 0. The summed E-state index contributed by atoms with van der Waals surface area (Å²) in [6.45, 7) is 4.02. The zero-order valence-electron chi connectivity index (χ0n) is 10.2. The molecule has 1 unspecified atom stereocenters. The molecule has 0 spiro atoms. The number of nitrogens with zero attached hydrogens (tertiary/aromatic N) is 1. The largest absolute Gasteiger partial charge is 0.316 e. The number of amides is 1. The molecule has 2 rings (SSSR count). The summed E-state index contributed by atoms with van der Waals surface area (Å²) in [4.78, 5) is 15.9. The van der Waals surface area contributed by atoms with E-state index in [0.29, 0.717) is 18.2 Å². The van der Waals surface area contributed by atoms with Crippen LogP contribution in [-0.4, -0.2) is 24.0 Å². The normalized spacial score (nSPS) is 19.9. The second kappa shape index (κ2) is 5.77. The molecule has 1 amide bonds. The standard InChI is InChI=1S/C13H19N3O/c1-10-4-6-15-12(7-10)16-13(17)8-11-3-2-5-14-9-11/h4,6-7,11,14H,2-3,5,8-9H2,1H3,(H,15,16,17). The first kappa shape index (κ1) is 12.0. The quantitative estimate of drug-likeness (QED) is 0.835. The van der Waals surface area contributed by atoms with Gasteiger partial charge in [-0.1, -0.05) is 0 Å². The maximum atomic E-state index is 11.8. The molecule has 0 aromatic carbocycles. The highest BCUT2D eigenvalue weighted by Crippen LogP contribution is 2.15. The average Bonchev–Trinajstić information content (AvgIpc) is 2.30. The molecule has 1 aliphatic rings. The van der Waals surface area contributed by atoms with Crippen LogP contribution in [0.1, 0.15) is 24.8 Å². The molecule has 0 aliphatic carbocycles. The maximum absolute atomic E-state index is 11.8. The van der Waals surface area contributed by atoms with Gasteiger partial charge in [-0.2, -0.15) is 0 Å². The van der Waals surface area contributed by atoms with E-state index in [4.69, 9.17) is 0 Å². The Labute approximate surface area is 102 Å². The summed E-state index contributed by atoms with van der Waals surface area (Å²) >= 11 is 0. The molecule has 0 bridgehead atoms. The van der Waals surface area contributed by atoms with E-state index < -0.39 is 0 Å². The van der Waals surface area contributed by atoms with E-state index in [-0.39, 0.29) is 5.91 Å². The van der Waals surface area contributed by atoms with Crippen LogP contribution in [0.2, 0.25) is 0 Å². The third kappa shape index (κ3) is 3.82. The molecule has 1 aromatic heterocycles. The number of hydrogen-bond acceptors (Lipinski definition) is 3. The van der Waals surface area contributed by atoms with Crippen molar-refractivity contribution in [3.05, 3.63) is 23.9 Å². The molecule has 1 saturated heterocycles. The van der Waals surface area contributed by atoms with Gasteiger partial charge in [0.15, 0.2) is 0 Å². The van der Waals surface area contributed by atoms with Crippen molar-refractivity contribution >= 4 is 11.7 Å². The van der Waals surface area contributed by atoms with Crippen LogP contribution in [-0.2, 0) is 4.79 Å². The zero-order valence-corrected chi connectivity index (χ0v) is 10.2. The fourth-order valence-electron chi connectivity index (χ4n) is 2.16. The van der Waals surface area contributed by atoms with Gasteiger partial charge in [0.05, 0.1) is 0 Å². The van der Waals surface area contributed by atoms with Crippen molar-refractivity contribution < 1.29 is 4.79 Å². The van der Waals surface area contributed by atoms with Crippen molar-refractivity contribution in [3.63, 3.8) is 0 Å². The lowest BCUT2D eigenvalue weighted by molar-refractivity contribution is -0.117. The summed E-state index contributed by atoms with van der Waals surface area (Å²) in [6, 6.07) is 3.80. The number of pyridine rings is 1. The van der Waals surface area contributed by atoms with E-state index in [0.717, 1.165) is 25.1 Å². The minimum atomic E-state index is 0.0665. The Balaban J connectivity index is 1.84. The minimum absolute atomic E-state index is 0.0665.